The Hall–Kier alpha value is -0.310. The van der Waals surface area contributed by atoms with Crippen LogP contribution in [0.2, 0.25) is 0 Å². The summed E-state index contributed by atoms with van der Waals surface area (Å²) in [6, 6.07) is 0. The Kier molecular flexibility index (Phi) is 4.38. The zero-order chi connectivity index (χ0) is 11.5. The van der Waals surface area contributed by atoms with Gasteiger partial charge in [-0.3, -0.25) is 0 Å². The number of nitrogens with one attached hydrogen (secondary N) is 1. The fraction of sp³-hybridized carbons (Fsp3) is 0.917. The lowest BCUT2D eigenvalue weighted by molar-refractivity contribution is 0.177. The molecule has 1 aliphatic rings. The molecule has 1 N–H and O–H groups in total. The van der Waals surface area contributed by atoms with Gasteiger partial charge in [-0.25, -0.2) is 0 Å². The van der Waals surface area contributed by atoms with Gasteiger partial charge >= 0.3 is 0 Å². The molecule has 0 atom stereocenters. The van der Waals surface area contributed by atoms with Gasteiger partial charge in [0.15, 0.2) is 5.11 Å². The summed E-state index contributed by atoms with van der Waals surface area (Å²) in [6.45, 7) is 12.2. The molecule has 0 spiro atoms. The van der Waals surface area contributed by atoms with Crippen LogP contribution in [0.25, 0.3) is 0 Å². The van der Waals surface area contributed by atoms with E-state index in [1.54, 1.807) is 0 Å². The summed E-state index contributed by atoms with van der Waals surface area (Å²) < 4.78 is 0. The van der Waals surface area contributed by atoms with Crippen LogP contribution in [0, 0.1) is 11.3 Å². The second-order valence-electron chi connectivity index (χ2n) is 5.77. The van der Waals surface area contributed by atoms with Crippen LogP contribution in [0.3, 0.4) is 0 Å². The molecule has 0 bridgehead atoms. The highest BCUT2D eigenvalue weighted by atomic mass is 32.1. The highest BCUT2D eigenvalue weighted by Gasteiger charge is 2.27. The van der Waals surface area contributed by atoms with E-state index in [1.807, 2.05) is 0 Å². The molecule has 0 amide bonds. The van der Waals surface area contributed by atoms with Crippen molar-refractivity contribution in [3.05, 3.63) is 0 Å². The van der Waals surface area contributed by atoms with Crippen molar-refractivity contribution in [2.24, 2.45) is 11.3 Å². The first kappa shape index (κ1) is 12.8. The van der Waals surface area contributed by atoms with E-state index < -0.39 is 0 Å². The minimum atomic E-state index is 0.418. The van der Waals surface area contributed by atoms with E-state index in [2.05, 4.69) is 37.9 Å². The number of nitrogens with zero attached hydrogens (tertiary/aromatic N) is 1. The number of piperidine rings is 1. The smallest absolute Gasteiger partial charge is 0.168 e. The van der Waals surface area contributed by atoms with Crippen molar-refractivity contribution in [3.63, 3.8) is 0 Å². The van der Waals surface area contributed by atoms with Crippen molar-refractivity contribution in [1.82, 2.24) is 10.2 Å². The number of hydrogen-bond donors (Lipinski definition) is 1. The third kappa shape index (κ3) is 4.37. The molecule has 0 aliphatic carbocycles. The van der Waals surface area contributed by atoms with E-state index in [0.29, 0.717) is 11.3 Å². The first-order chi connectivity index (χ1) is 6.91. The zero-order valence-corrected chi connectivity index (χ0v) is 11.3. The molecule has 1 rings (SSSR count). The first-order valence-electron chi connectivity index (χ1n) is 5.93. The predicted octanol–water partition coefficient (Wildman–Crippen LogP) is 2.64. The fourth-order valence-electron chi connectivity index (χ4n) is 2.00. The van der Waals surface area contributed by atoms with E-state index in [9.17, 15) is 0 Å². The maximum atomic E-state index is 5.41. The normalized spacial score (nSPS) is 20.5. The maximum absolute atomic E-state index is 5.41. The molecule has 2 nitrogen and oxygen atoms in total. The van der Waals surface area contributed by atoms with E-state index >= 15 is 0 Å². The van der Waals surface area contributed by atoms with Crippen molar-refractivity contribution < 1.29 is 0 Å². The molecular formula is C12H24N2S. The molecule has 0 aromatic rings. The third-order valence-corrected chi connectivity index (χ3v) is 3.25. The highest BCUT2D eigenvalue weighted by molar-refractivity contribution is 7.80. The van der Waals surface area contributed by atoms with Crippen LogP contribution < -0.4 is 5.32 Å². The van der Waals surface area contributed by atoms with Gasteiger partial charge < -0.3 is 10.2 Å². The number of thiocarbonyl (C=S) groups is 1. The molecule has 3 heteroatoms. The summed E-state index contributed by atoms with van der Waals surface area (Å²) in [5, 5.41) is 4.29. The molecule has 1 fully saturated rings. The van der Waals surface area contributed by atoms with Gasteiger partial charge in [-0.2, -0.15) is 0 Å². The summed E-state index contributed by atoms with van der Waals surface area (Å²) in [6.07, 6.45) is 2.58. The molecule has 15 heavy (non-hydrogen) atoms. The topological polar surface area (TPSA) is 15.3 Å². The van der Waals surface area contributed by atoms with Crippen molar-refractivity contribution in [2.45, 2.75) is 40.5 Å². The van der Waals surface area contributed by atoms with E-state index in [-0.39, 0.29) is 0 Å². The molecule has 1 saturated heterocycles. The lowest BCUT2D eigenvalue weighted by Crippen LogP contribution is -2.48. The summed E-state index contributed by atoms with van der Waals surface area (Å²) in [5.74, 6) is 0.653. The van der Waals surface area contributed by atoms with Gasteiger partial charge in [0.2, 0.25) is 0 Å². The van der Waals surface area contributed by atoms with Crippen LogP contribution in [0.15, 0.2) is 0 Å². The Morgan fingerprint density at radius 2 is 2.13 bits per heavy atom. The quantitative estimate of drug-likeness (QED) is 0.732. The second kappa shape index (κ2) is 5.15. The second-order valence-corrected chi connectivity index (χ2v) is 6.16. The molecule has 0 aromatic carbocycles. The largest absolute Gasteiger partial charge is 0.362 e. The van der Waals surface area contributed by atoms with E-state index in [1.165, 1.54) is 12.8 Å². The van der Waals surface area contributed by atoms with Crippen molar-refractivity contribution in [3.8, 4) is 0 Å². The van der Waals surface area contributed by atoms with Crippen LogP contribution in [-0.2, 0) is 0 Å². The lowest BCUT2D eigenvalue weighted by atomic mass is 9.84. The molecule has 1 aliphatic heterocycles. The number of hydrogen-bond acceptors (Lipinski definition) is 1. The van der Waals surface area contributed by atoms with Gasteiger partial charge in [-0.15, -0.1) is 0 Å². The summed E-state index contributed by atoms with van der Waals surface area (Å²) in [7, 11) is 0. The highest BCUT2D eigenvalue weighted by Crippen LogP contribution is 2.28. The molecule has 0 radical (unpaired) electrons. The van der Waals surface area contributed by atoms with Gasteiger partial charge in [0.05, 0.1) is 0 Å². The van der Waals surface area contributed by atoms with Crippen LogP contribution >= 0.6 is 12.2 Å². The SMILES string of the molecule is CC(C)CNC(=S)N1CCCC(C)(C)C1. The molecule has 88 valence electrons. The van der Waals surface area contributed by atoms with Gasteiger partial charge in [-0.1, -0.05) is 27.7 Å². The zero-order valence-electron chi connectivity index (χ0n) is 10.5. The summed E-state index contributed by atoms with van der Waals surface area (Å²) in [5.41, 5.74) is 0.418. The van der Waals surface area contributed by atoms with Crippen LogP contribution in [0.4, 0.5) is 0 Å². The monoisotopic (exact) mass is 228 g/mol. The first-order valence-corrected chi connectivity index (χ1v) is 6.34. The Morgan fingerprint density at radius 1 is 1.47 bits per heavy atom. The van der Waals surface area contributed by atoms with E-state index in [4.69, 9.17) is 12.2 Å². The van der Waals surface area contributed by atoms with Gasteiger partial charge in [0.25, 0.3) is 0 Å². The standard InChI is InChI=1S/C12H24N2S/c1-10(2)8-13-11(15)14-7-5-6-12(3,4)9-14/h10H,5-9H2,1-4H3,(H,13,15). The van der Waals surface area contributed by atoms with Gasteiger partial charge in [0.1, 0.15) is 0 Å². The molecule has 0 aromatic heterocycles. The van der Waals surface area contributed by atoms with Crippen molar-refractivity contribution in [2.75, 3.05) is 19.6 Å². The van der Waals surface area contributed by atoms with Crippen LogP contribution in [0.5, 0.6) is 0 Å². The Balaban J connectivity index is 2.39. The Bertz CT molecular complexity index is 224. The van der Waals surface area contributed by atoms with Crippen molar-refractivity contribution >= 4 is 17.3 Å². The maximum Gasteiger partial charge on any atom is 0.168 e. The summed E-state index contributed by atoms with van der Waals surface area (Å²) >= 11 is 5.41. The van der Waals surface area contributed by atoms with Crippen LogP contribution in [-0.4, -0.2) is 29.6 Å². The number of rotatable bonds is 2. The minimum Gasteiger partial charge on any atom is -0.362 e. The molecule has 0 saturated carbocycles. The average molecular weight is 228 g/mol. The van der Waals surface area contributed by atoms with Crippen LogP contribution in [0.1, 0.15) is 40.5 Å². The molecular weight excluding hydrogens is 204 g/mol. The molecule has 1 heterocycles. The number of likely N-dealkylation sites (tertiary alicyclic amines) is 1. The summed E-state index contributed by atoms with van der Waals surface area (Å²) in [4.78, 5) is 2.32. The average Bonchev–Trinajstić information content (AvgIpc) is 2.12. The Labute approximate surface area is 99.4 Å². The van der Waals surface area contributed by atoms with Gasteiger partial charge in [-0.05, 0) is 36.4 Å². The Morgan fingerprint density at radius 3 is 2.67 bits per heavy atom. The lowest BCUT2D eigenvalue weighted by Gasteiger charge is -2.39. The predicted molar refractivity (Wildman–Crippen MR) is 70.0 cm³/mol. The van der Waals surface area contributed by atoms with E-state index in [0.717, 1.165) is 24.7 Å². The minimum absolute atomic E-state index is 0.418. The fourth-order valence-corrected chi connectivity index (χ4v) is 2.24. The third-order valence-electron chi connectivity index (χ3n) is 2.85. The van der Waals surface area contributed by atoms with Crippen molar-refractivity contribution in [1.29, 1.82) is 0 Å². The van der Waals surface area contributed by atoms with Gasteiger partial charge in [0, 0.05) is 19.6 Å². The molecule has 0 unspecified atom stereocenters.